The number of hydrogen-bond acceptors (Lipinski definition) is 4. The number of aromatic nitrogens is 2. The summed E-state index contributed by atoms with van der Waals surface area (Å²) in [5.41, 5.74) is 4.28. The summed E-state index contributed by atoms with van der Waals surface area (Å²) in [6.45, 7) is 6.48. The third kappa shape index (κ3) is 5.00. The molecule has 2 N–H and O–H groups in total. The Morgan fingerprint density at radius 3 is 2.40 bits per heavy atom. The van der Waals surface area contributed by atoms with Crippen LogP contribution >= 0.6 is 11.6 Å². The number of carbonyl (C=O) groups is 1. The summed E-state index contributed by atoms with van der Waals surface area (Å²) in [7, 11) is 0. The molecule has 0 radical (unpaired) electrons. The van der Waals surface area contributed by atoms with Crippen LogP contribution in [0.25, 0.3) is 11.1 Å². The van der Waals surface area contributed by atoms with Crippen molar-refractivity contribution in [2.24, 2.45) is 0 Å². The van der Waals surface area contributed by atoms with Crippen LogP contribution in [0.15, 0.2) is 24.5 Å². The van der Waals surface area contributed by atoms with Crippen molar-refractivity contribution in [3.63, 3.8) is 0 Å². The third-order valence-corrected chi connectivity index (χ3v) is 5.17. The lowest BCUT2D eigenvalue weighted by molar-refractivity contribution is -0.136. The standard InChI is InChI=1S/C20H24ClF3N4O2/c1-19(2,3)30-18(29)27-6-4-14(5-7-27)28-11-13(10-26-28)12-8-15(20(22,23)24)17(25)16(21)9-12/h8-11,14H,4-7,25H2,1-3H3. The largest absolute Gasteiger partial charge is 0.444 e. The molecule has 10 heteroatoms. The van der Waals surface area contributed by atoms with Gasteiger partial charge in [-0.3, -0.25) is 4.68 Å². The number of nitrogens with zero attached hydrogens (tertiary/aromatic N) is 3. The van der Waals surface area contributed by atoms with E-state index in [0.29, 0.717) is 37.1 Å². The minimum atomic E-state index is -4.60. The van der Waals surface area contributed by atoms with E-state index < -0.39 is 23.0 Å². The first-order chi connectivity index (χ1) is 13.8. The maximum absolute atomic E-state index is 13.2. The van der Waals surface area contributed by atoms with Crippen molar-refractivity contribution in [1.29, 1.82) is 0 Å². The van der Waals surface area contributed by atoms with Crippen molar-refractivity contribution in [3.8, 4) is 11.1 Å². The highest BCUT2D eigenvalue weighted by molar-refractivity contribution is 6.33. The van der Waals surface area contributed by atoms with Gasteiger partial charge in [0.05, 0.1) is 28.5 Å². The van der Waals surface area contributed by atoms with E-state index in [9.17, 15) is 18.0 Å². The average Bonchev–Trinajstić information content (AvgIpc) is 3.11. The number of amides is 1. The van der Waals surface area contributed by atoms with Crippen molar-refractivity contribution in [3.05, 3.63) is 35.1 Å². The molecule has 1 amide bonds. The van der Waals surface area contributed by atoms with E-state index in [2.05, 4.69) is 5.10 Å². The number of piperidine rings is 1. The van der Waals surface area contributed by atoms with E-state index in [-0.39, 0.29) is 17.2 Å². The van der Waals surface area contributed by atoms with E-state index in [0.717, 1.165) is 6.07 Å². The van der Waals surface area contributed by atoms with Crippen molar-refractivity contribution in [2.75, 3.05) is 18.8 Å². The van der Waals surface area contributed by atoms with Crippen LogP contribution in [0.4, 0.5) is 23.7 Å². The van der Waals surface area contributed by atoms with Gasteiger partial charge in [-0.25, -0.2) is 4.79 Å². The number of nitrogen functional groups attached to an aromatic ring is 1. The molecule has 0 atom stereocenters. The molecule has 1 aromatic carbocycles. The Kier molecular flexibility index (Phi) is 5.95. The number of benzene rings is 1. The summed E-state index contributed by atoms with van der Waals surface area (Å²) in [4.78, 5) is 13.8. The highest BCUT2D eigenvalue weighted by atomic mass is 35.5. The van der Waals surface area contributed by atoms with Crippen LogP contribution in [-0.2, 0) is 10.9 Å². The number of nitrogens with two attached hydrogens (primary N) is 1. The molecular weight excluding hydrogens is 421 g/mol. The van der Waals surface area contributed by atoms with E-state index >= 15 is 0 Å². The molecule has 0 spiro atoms. The molecule has 0 unspecified atom stereocenters. The van der Waals surface area contributed by atoms with Gasteiger partial charge in [0.2, 0.25) is 0 Å². The second-order valence-electron chi connectivity index (χ2n) is 8.32. The normalized spacial score (nSPS) is 16.0. The second kappa shape index (κ2) is 8.02. The van der Waals surface area contributed by atoms with Gasteiger partial charge in [0.25, 0.3) is 0 Å². The van der Waals surface area contributed by atoms with Crippen LogP contribution in [0.3, 0.4) is 0 Å². The first-order valence-electron chi connectivity index (χ1n) is 9.54. The molecule has 1 aromatic heterocycles. The predicted molar refractivity (Wildman–Crippen MR) is 108 cm³/mol. The van der Waals surface area contributed by atoms with E-state index in [1.807, 2.05) is 20.8 Å². The van der Waals surface area contributed by atoms with Crippen LogP contribution < -0.4 is 5.73 Å². The monoisotopic (exact) mass is 444 g/mol. The summed E-state index contributed by atoms with van der Waals surface area (Å²) in [5, 5.41) is 4.16. The summed E-state index contributed by atoms with van der Waals surface area (Å²) in [5.74, 6) is 0. The van der Waals surface area contributed by atoms with Crippen molar-refractivity contribution in [1.82, 2.24) is 14.7 Å². The number of carbonyl (C=O) groups excluding carboxylic acids is 1. The minimum absolute atomic E-state index is 0.0313. The fourth-order valence-electron chi connectivity index (χ4n) is 3.35. The minimum Gasteiger partial charge on any atom is -0.444 e. The van der Waals surface area contributed by atoms with Crippen LogP contribution in [-0.4, -0.2) is 39.5 Å². The molecule has 0 bridgehead atoms. The van der Waals surface area contributed by atoms with E-state index in [4.69, 9.17) is 22.1 Å². The number of ether oxygens (including phenoxy) is 1. The summed E-state index contributed by atoms with van der Waals surface area (Å²) >= 11 is 5.92. The number of hydrogen-bond donors (Lipinski definition) is 1. The lowest BCUT2D eigenvalue weighted by atomic mass is 10.0. The van der Waals surface area contributed by atoms with Gasteiger partial charge in [-0.15, -0.1) is 0 Å². The molecular formula is C20H24ClF3N4O2. The number of rotatable bonds is 2. The van der Waals surface area contributed by atoms with Gasteiger partial charge in [-0.2, -0.15) is 18.3 Å². The SMILES string of the molecule is CC(C)(C)OC(=O)N1CCC(n2cc(-c3cc(Cl)c(N)c(C(F)(F)F)c3)cn2)CC1. The fraction of sp³-hybridized carbons (Fsp3) is 0.500. The van der Waals surface area contributed by atoms with Crippen LogP contribution in [0.5, 0.6) is 0 Å². The number of halogens is 4. The Balaban J connectivity index is 1.73. The first-order valence-corrected chi connectivity index (χ1v) is 9.91. The quantitative estimate of drug-likeness (QED) is 0.631. The highest BCUT2D eigenvalue weighted by Gasteiger charge is 2.34. The summed E-state index contributed by atoms with van der Waals surface area (Å²) in [6.07, 6.45) is -0.433. The second-order valence-corrected chi connectivity index (χ2v) is 8.73. The van der Waals surface area contributed by atoms with E-state index in [1.165, 1.54) is 12.3 Å². The Bertz CT molecular complexity index is 929. The Morgan fingerprint density at radius 2 is 1.83 bits per heavy atom. The molecule has 0 aliphatic carbocycles. The number of alkyl halides is 3. The predicted octanol–water partition coefficient (Wildman–Crippen LogP) is 5.38. The molecule has 1 aliphatic rings. The summed E-state index contributed by atoms with van der Waals surface area (Å²) in [6, 6.07) is 2.41. The van der Waals surface area contributed by atoms with Crippen LogP contribution in [0.1, 0.15) is 45.2 Å². The highest BCUT2D eigenvalue weighted by Crippen LogP contribution is 2.40. The first kappa shape index (κ1) is 22.3. The Hall–Kier alpha value is -2.42. The van der Waals surface area contributed by atoms with Gasteiger partial charge in [0.15, 0.2) is 0 Å². The molecule has 30 heavy (non-hydrogen) atoms. The molecule has 6 nitrogen and oxygen atoms in total. The van der Waals surface area contributed by atoms with Gasteiger partial charge >= 0.3 is 12.3 Å². The third-order valence-electron chi connectivity index (χ3n) is 4.86. The zero-order valence-corrected chi connectivity index (χ0v) is 17.7. The average molecular weight is 445 g/mol. The zero-order valence-electron chi connectivity index (χ0n) is 17.0. The smallest absolute Gasteiger partial charge is 0.418 e. The Morgan fingerprint density at radius 1 is 1.20 bits per heavy atom. The molecule has 2 heterocycles. The molecule has 1 aliphatic heterocycles. The van der Waals surface area contributed by atoms with Crippen LogP contribution in [0, 0.1) is 0 Å². The maximum Gasteiger partial charge on any atom is 0.418 e. The summed E-state index contributed by atoms with van der Waals surface area (Å²) < 4.78 is 46.8. The maximum atomic E-state index is 13.2. The molecule has 164 valence electrons. The molecule has 3 rings (SSSR count). The molecule has 0 saturated carbocycles. The van der Waals surface area contributed by atoms with Crippen molar-refractivity contribution < 1.29 is 22.7 Å². The number of likely N-dealkylation sites (tertiary alicyclic amines) is 1. The topological polar surface area (TPSA) is 73.4 Å². The lowest BCUT2D eigenvalue weighted by Gasteiger charge is -2.33. The van der Waals surface area contributed by atoms with Crippen LogP contribution in [0.2, 0.25) is 5.02 Å². The molecule has 1 saturated heterocycles. The Labute approximate surface area is 177 Å². The van der Waals surface area contributed by atoms with Crippen molar-refractivity contribution >= 4 is 23.4 Å². The fourth-order valence-corrected chi connectivity index (χ4v) is 3.56. The molecule has 1 fully saturated rings. The molecule has 2 aromatic rings. The zero-order chi connectivity index (χ0) is 22.3. The van der Waals surface area contributed by atoms with Gasteiger partial charge in [0, 0.05) is 24.8 Å². The van der Waals surface area contributed by atoms with Gasteiger partial charge in [0.1, 0.15) is 5.60 Å². The van der Waals surface area contributed by atoms with E-state index in [1.54, 1.807) is 15.8 Å². The number of anilines is 1. The van der Waals surface area contributed by atoms with Gasteiger partial charge < -0.3 is 15.4 Å². The lowest BCUT2D eigenvalue weighted by Crippen LogP contribution is -2.42. The van der Waals surface area contributed by atoms with Gasteiger partial charge in [-0.1, -0.05) is 11.6 Å². The van der Waals surface area contributed by atoms with Crippen molar-refractivity contribution in [2.45, 2.75) is 51.4 Å². The van der Waals surface area contributed by atoms with Gasteiger partial charge in [-0.05, 0) is 51.3 Å².